The van der Waals surface area contributed by atoms with Crippen LogP contribution in [-0.2, 0) is 9.53 Å². The van der Waals surface area contributed by atoms with E-state index in [0.29, 0.717) is 6.54 Å². The standard InChI is InChI=1S/C13H24N2O3/c1-4-15(2)12(16)11(14-13(17)18-3)10-8-6-5-7-9-10/h10-11H,4-9H2,1-3H3,(H,14,17). The molecule has 0 radical (unpaired) electrons. The van der Waals surface area contributed by atoms with Crippen LogP contribution >= 0.6 is 0 Å². The number of methoxy groups -OCH3 is 1. The monoisotopic (exact) mass is 256 g/mol. The zero-order valence-electron chi connectivity index (χ0n) is 11.6. The summed E-state index contributed by atoms with van der Waals surface area (Å²) in [4.78, 5) is 25.3. The number of carbonyl (C=O) groups excluding carboxylic acids is 2. The summed E-state index contributed by atoms with van der Waals surface area (Å²) in [6.45, 7) is 2.57. The van der Waals surface area contributed by atoms with Crippen LogP contribution in [0.2, 0.25) is 0 Å². The third kappa shape index (κ3) is 3.89. The summed E-state index contributed by atoms with van der Waals surface area (Å²) in [6.07, 6.45) is 4.96. The molecule has 0 aromatic rings. The van der Waals surface area contributed by atoms with Gasteiger partial charge in [0, 0.05) is 13.6 Å². The van der Waals surface area contributed by atoms with Crippen LogP contribution in [-0.4, -0.2) is 43.6 Å². The molecule has 0 saturated heterocycles. The van der Waals surface area contributed by atoms with Crippen molar-refractivity contribution in [1.82, 2.24) is 10.2 Å². The van der Waals surface area contributed by atoms with E-state index in [1.165, 1.54) is 13.5 Å². The van der Waals surface area contributed by atoms with Crippen molar-refractivity contribution < 1.29 is 14.3 Å². The average Bonchev–Trinajstić information content (AvgIpc) is 2.43. The summed E-state index contributed by atoms with van der Waals surface area (Å²) < 4.78 is 4.61. The maximum atomic E-state index is 12.3. The minimum atomic E-state index is -0.525. The van der Waals surface area contributed by atoms with Crippen LogP contribution in [0.3, 0.4) is 0 Å². The Morgan fingerprint density at radius 1 is 1.33 bits per heavy atom. The van der Waals surface area contributed by atoms with Gasteiger partial charge in [0.15, 0.2) is 0 Å². The number of nitrogens with one attached hydrogen (secondary N) is 1. The van der Waals surface area contributed by atoms with Gasteiger partial charge in [-0.1, -0.05) is 19.3 Å². The first-order chi connectivity index (χ1) is 8.60. The predicted molar refractivity (Wildman–Crippen MR) is 69.2 cm³/mol. The van der Waals surface area contributed by atoms with Crippen LogP contribution in [0.1, 0.15) is 39.0 Å². The van der Waals surface area contributed by atoms with Gasteiger partial charge in [0.05, 0.1) is 7.11 Å². The van der Waals surface area contributed by atoms with Gasteiger partial charge < -0.3 is 15.0 Å². The van der Waals surface area contributed by atoms with Crippen molar-refractivity contribution in [1.29, 1.82) is 0 Å². The molecule has 0 bridgehead atoms. The quantitative estimate of drug-likeness (QED) is 0.834. The van der Waals surface area contributed by atoms with Gasteiger partial charge in [-0.2, -0.15) is 0 Å². The van der Waals surface area contributed by atoms with Crippen molar-refractivity contribution >= 4 is 12.0 Å². The van der Waals surface area contributed by atoms with Gasteiger partial charge >= 0.3 is 6.09 Å². The van der Waals surface area contributed by atoms with Crippen LogP contribution in [0.15, 0.2) is 0 Å². The second kappa shape index (κ2) is 7.24. The fourth-order valence-corrected chi connectivity index (χ4v) is 2.43. The lowest BCUT2D eigenvalue weighted by molar-refractivity contribution is -0.133. The smallest absolute Gasteiger partial charge is 0.407 e. The average molecular weight is 256 g/mol. The van der Waals surface area contributed by atoms with E-state index >= 15 is 0 Å². The fourth-order valence-electron chi connectivity index (χ4n) is 2.43. The molecule has 5 heteroatoms. The predicted octanol–water partition coefficient (Wildman–Crippen LogP) is 1.77. The summed E-state index contributed by atoms with van der Waals surface area (Å²) in [5.74, 6) is 0.217. The summed E-state index contributed by atoms with van der Waals surface area (Å²) >= 11 is 0. The SMILES string of the molecule is CCN(C)C(=O)C(NC(=O)OC)C1CCCCC1. The molecule has 5 nitrogen and oxygen atoms in total. The number of amides is 2. The Morgan fingerprint density at radius 2 is 1.94 bits per heavy atom. The van der Waals surface area contributed by atoms with Gasteiger partial charge in [-0.15, -0.1) is 0 Å². The molecule has 1 unspecified atom stereocenters. The van der Waals surface area contributed by atoms with E-state index in [9.17, 15) is 9.59 Å². The third-order valence-electron chi connectivity index (χ3n) is 3.70. The highest BCUT2D eigenvalue weighted by Gasteiger charge is 2.32. The molecule has 0 aromatic carbocycles. The Kier molecular flexibility index (Phi) is 5.95. The zero-order valence-corrected chi connectivity index (χ0v) is 11.6. The van der Waals surface area contributed by atoms with Crippen LogP contribution in [0.4, 0.5) is 4.79 Å². The number of carbonyl (C=O) groups is 2. The van der Waals surface area contributed by atoms with Gasteiger partial charge in [-0.05, 0) is 25.7 Å². The highest BCUT2D eigenvalue weighted by Crippen LogP contribution is 2.27. The maximum absolute atomic E-state index is 12.3. The van der Waals surface area contributed by atoms with E-state index in [-0.39, 0.29) is 11.8 Å². The lowest BCUT2D eigenvalue weighted by Gasteiger charge is -2.32. The molecule has 0 aliphatic heterocycles. The molecule has 0 spiro atoms. The lowest BCUT2D eigenvalue weighted by Crippen LogP contribution is -2.51. The number of hydrogen-bond donors (Lipinski definition) is 1. The van der Waals surface area contributed by atoms with E-state index in [0.717, 1.165) is 25.7 Å². The normalized spacial score (nSPS) is 17.9. The first-order valence-corrected chi connectivity index (χ1v) is 6.69. The summed E-state index contributed by atoms with van der Waals surface area (Å²) in [5.41, 5.74) is 0. The Balaban J connectivity index is 2.72. The highest BCUT2D eigenvalue weighted by molar-refractivity contribution is 5.85. The number of ether oxygens (including phenoxy) is 1. The summed E-state index contributed by atoms with van der Waals surface area (Å²) in [7, 11) is 3.08. The number of alkyl carbamates (subject to hydrolysis) is 1. The van der Waals surface area contributed by atoms with Gasteiger partial charge in [0.1, 0.15) is 6.04 Å². The fraction of sp³-hybridized carbons (Fsp3) is 0.846. The van der Waals surface area contributed by atoms with Gasteiger partial charge in [-0.25, -0.2) is 4.79 Å². The van der Waals surface area contributed by atoms with Gasteiger partial charge in [-0.3, -0.25) is 4.79 Å². The molecule has 104 valence electrons. The Morgan fingerprint density at radius 3 is 2.44 bits per heavy atom. The van der Waals surface area contributed by atoms with Crippen molar-refractivity contribution in [3.63, 3.8) is 0 Å². The van der Waals surface area contributed by atoms with Crippen molar-refractivity contribution in [3.8, 4) is 0 Å². The van der Waals surface area contributed by atoms with Crippen LogP contribution < -0.4 is 5.32 Å². The molecule has 1 aliphatic rings. The largest absolute Gasteiger partial charge is 0.453 e. The van der Waals surface area contributed by atoms with Crippen LogP contribution in [0.25, 0.3) is 0 Å². The second-order valence-corrected chi connectivity index (χ2v) is 4.86. The first kappa shape index (κ1) is 14.8. The van der Waals surface area contributed by atoms with Gasteiger partial charge in [0.25, 0.3) is 0 Å². The van der Waals surface area contributed by atoms with E-state index < -0.39 is 12.1 Å². The molecule has 1 fully saturated rings. The highest BCUT2D eigenvalue weighted by atomic mass is 16.5. The van der Waals surface area contributed by atoms with Crippen molar-refractivity contribution in [2.75, 3.05) is 20.7 Å². The second-order valence-electron chi connectivity index (χ2n) is 4.86. The van der Waals surface area contributed by atoms with E-state index in [1.807, 2.05) is 6.92 Å². The van der Waals surface area contributed by atoms with Crippen LogP contribution in [0.5, 0.6) is 0 Å². The third-order valence-corrected chi connectivity index (χ3v) is 3.70. The molecule has 1 N–H and O–H groups in total. The molecular formula is C13H24N2O3. The minimum absolute atomic E-state index is 0.0187. The topological polar surface area (TPSA) is 58.6 Å². The molecule has 1 aliphatic carbocycles. The minimum Gasteiger partial charge on any atom is -0.453 e. The Hall–Kier alpha value is -1.26. The number of rotatable bonds is 4. The molecule has 2 amide bonds. The number of hydrogen-bond acceptors (Lipinski definition) is 3. The van der Waals surface area contributed by atoms with E-state index in [4.69, 9.17) is 0 Å². The lowest BCUT2D eigenvalue weighted by atomic mass is 9.83. The molecule has 18 heavy (non-hydrogen) atoms. The van der Waals surface area contributed by atoms with E-state index in [2.05, 4.69) is 10.1 Å². The van der Waals surface area contributed by atoms with Crippen molar-refractivity contribution in [3.05, 3.63) is 0 Å². The van der Waals surface area contributed by atoms with Crippen molar-refractivity contribution in [2.45, 2.75) is 45.1 Å². The van der Waals surface area contributed by atoms with Gasteiger partial charge in [0.2, 0.25) is 5.91 Å². The molecule has 0 aromatic heterocycles. The Bertz CT molecular complexity index is 288. The number of nitrogens with zero attached hydrogens (tertiary/aromatic N) is 1. The molecule has 1 rings (SSSR count). The zero-order chi connectivity index (χ0) is 13.5. The van der Waals surface area contributed by atoms with Crippen LogP contribution in [0, 0.1) is 5.92 Å². The Labute approximate surface area is 109 Å². The van der Waals surface area contributed by atoms with E-state index in [1.54, 1.807) is 11.9 Å². The summed E-state index contributed by atoms with van der Waals surface area (Å²) in [5, 5.41) is 2.70. The molecule has 0 heterocycles. The van der Waals surface area contributed by atoms with Crippen molar-refractivity contribution in [2.24, 2.45) is 5.92 Å². The molecular weight excluding hydrogens is 232 g/mol. The number of likely N-dealkylation sites (N-methyl/N-ethyl adjacent to an activating group) is 1. The summed E-state index contributed by atoms with van der Waals surface area (Å²) in [6, 6.07) is -0.442. The molecule has 1 atom stereocenters. The molecule has 1 saturated carbocycles. The first-order valence-electron chi connectivity index (χ1n) is 6.69. The maximum Gasteiger partial charge on any atom is 0.407 e.